The van der Waals surface area contributed by atoms with E-state index in [1.54, 1.807) is 10.6 Å². The molecule has 2 aromatic rings. The molecule has 3 nitrogen and oxygen atoms in total. The monoisotopic (exact) mass is 283 g/mol. The molecule has 0 radical (unpaired) electrons. The van der Waals surface area contributed by atoms with E-state index in [2.05, 4.69) is 4.98 Å². The van der Waals surface area contributed by atoms with Crippen LogP contribution in [0.1, 0.15) is 26.3 Å². The summed E-state index contributed by atoms with van der Waals surface area (Å²) in [6.07, 6.45) is -2.97. The van der Waals surface area contributed by atoms with Crippen molar-refractivity contribution >= 4 is 5.82 Å². The Kier molecular flexibility index (Phi) is 3.28. The molecule has 0 saturated heterocycles. The first kappa shape index (κ1) is 14.4. The number of hydrogen-bond donors (Lipinski definition) is 1. The lowest BCUT2D eigenvalue weighted by atomic mass is 10.0. The van der Waals surface area contributed by atoms with E-state index in [4.69, 9.17) is 5.73 Å². The summed E-state index contributed by atoms with van der Waals surface area (Å²) in [7, 11) is 0. The highest BCUT2D eigenvalue weighted by molar-refractivity contribution is 5.74. The largest absolute Gasteiger partial charge is 0.417 e. The van der Waals surface area contributed by atoms with Crippen LogP contribution in [0.25, 0.3) is 11.3 Å². The summed E-state index contributed by atoms with van der Waals surface area (Å²) in [5.41, 5.74) is 5.05. The number of hydrogen-bond acceptors (Lipinski definition) is 2. The molecule has 2 N–H and O–H groups in total. The molecule has 108 valence electrons. The van der Waals surface area contributed by atoms with Crippen molar-refractivity contribution in [3.8, 4) is 11.3 Å². The zero-order valence-corrected chi connectivity index (χ0v) is 11.5. The minimum Gasteiger partial charge on any atom is -0.383 e. The van der Waals surface area contributed by atoms with Crippen LogP contribution in [0.2, 0.25) is 0 Å². The Hall–Kier alpha value is -1.98. The molecule has 20 heavy (non-hydrogen) atoms. The smallest absolute Gasteiger partial charge is 0.383 e. The average Bonchev–Trinajstić information content (AvgIpc) is 2.69. The van der Waals surface area contributed by atoms with Gasteiger partial charge in [0.05, 0.1) is 11.9 Å². The molecule has 0 spiro atoms. The molecule has 6 heteroatoms. The number of nitrogens with two attached hydrogens (primary N) is 1. The summed E-state index contributed by atoms with van der Waals surface area (Å²) in [6.45, 7) is 5.72. The van der Waals surface area contributed by atoms with Gasteiger partial charge in [-0.15, -0.1) is 0 Å². The maximum atomic E-state index is 13.0. The van der Waals surface area contributed by atoms with Crippen LogP contribution in [0.4, 0.5) is 19.0 Å². The zero-order chi connectivity index (χ0) is 15.1. The van der Waals surface area contributed by atoms with Crippen LogP contribution in [0.5, 0.6) is 0 Å². The number of nitrogen functional groups attached to an aromatic ring is 1. The van der Waals surface area contributed by atoms with Crippen molar-refractivity contribution in [3.05, 3.63) is 36.2 Å². The third kappa shape index (κ3) is 2.50. The first-order valence-corrected chi connectivity index (χ1v) is 6.12. The standard InChI is InChI=1S/C14H16F3N3/c1-13(2,3)20-8-19-11(12(20)18)9-6-4-5-7-10(9)14(15,16)17/h4-8H,18H2,1-3H3. The zero-order valence-electron chi connectivity index (χ0n) is 11.5. The maximum absolute atomic E-state index is 13.0. The first-order chi connectivity index (χ1) is 9.12. The Morgan fingerprint density at radius 2 is 1.70 bits per heavy atom. The molecule has 0 fully saturated rings. The van der Waals surface area contributed by atoms with E-state index in [0.717, 1.165) is 6.07 Å². The van der Waals surface area contributed by atoms with Gasteiger partial charge in [-0.3, -0.25) is 0 Å². The van der Waals surface area contributed by atoms with E-state index in [-0.39, 0.29) is 22.6 Å². The highest BCUT2D eigenvalue weighted by Gasteiger charge is 2.34. The van der Waals surface area contributed by atoms with Crippen molar-refractivity contribution < 1.29 is 13.2 Å². The topological polar surface area (TPSA) is 43.8 Å². The molecule has 2 rings (SSSR count). The van der Waals surface area contributed by atoms with Gasteiger partial charge in [-0.25, -0.2) is 4.98 Å². The lowest BCUT2D eigenvalue weighted by molar-refractivity contribution is -0.137. The van der Waals surface area contributed by atoms with Gasteiger partial charge >= 0.3 is 6.18 Å². The van der Waals surface area contributed by atoms with Crippen LogP contribution < -0.4 is 5.73 Å². The third-order valence-electron chi connectivity index (χ3n) is 3.01. The fourth-order valence-electron chi connectivity index (χ4n) is 2.04. The number of nitrogens with zero attached hydrogens (tertiary/aromatic N) is 2. The van der Waals surface area contributed by atoms with Crippen LogP contribution in [-0.4, -0.2) is 9.55 Å². The number of halogens is 3. The number of rotatable bonds is 1. The van der Waals surface area contributed by atoms with Gasteiger partial charge in [0.1, 0.15) is 11.5 Å². The highest BCUT2D eigenvalue weighted by Crippen LogP contribution is 2.38. The summed E-state index contributed by atoms with van der Waals surface area (Å²) < 4.78 is 40.8. The molecule has 1 aromatic heterocycles. The molecule has 0 aliphatic heterocycles. The molecule has 0 saturated carbocycles. The van der Waals surface area contributed by atoms with Crippen LogP contribution in [-0.2, 0) is 11.7 Å². The Balaban J connectivity index is 2.63. The van der Waals surface area contributed by atoms with Gasteiger partial charge in [-0.2, -0.15) is 13.2 Å². The molecular formula is C14H16F3N3. The minimum atomic E-state index is -4.44. The molecular weight excluding hydrogens is 267 g/mol. The van der Waals surface area contributed by atoms with E-state index >= 15 is 0 Å². The second kappa shape index (κ2) is 4.54. The van der Waals surface area contributed by atoms with Gasteiger partial charge in [0, 0.05) is 11.1 Å². The molecule has 1 aromatic carbocycles. The minimum absolute atomic E-state index is 0.000463. The molecule has 1 heterocycles. The Morgan fingerprint density at radius 3 is 2.20 bits per heavy atom. The van der Waals surface area contributed by atoms with E-state index < -0.39 is 11.7 Å². The van der Waals surface area contributed by atoms with Crippen molar-refractivity contribution in [2.24, 2.45) is 0 Å². The second-order valence-electron chi connectivity index (χ2n) is 5.56. The van der Waals surface area contributed by atoms with Crippen LogP contribution in [0, 0.1) is 0 Å². The van der Waals surface area contributed by atoms with Gasteiger partial charge in [-0.05, 0) is 26.8 Å². The predicted molar refractivity (Wildman–Crippen MR) is 72.1 cm³/mol. The van der Waals surface area contributed by atoms with Crippen LogP contribution in [0.3, 0.4) is 0 Å². The van der Waals surface area contributed by atoms with Crippen molar-refractivity contribution in [2.75, 3.05) is 5.73 Å². The molecule has 0 bridgehead atoms. The lowest BCUT2D eigenvalue weighted by Gasteiger charge is -2.22. The average molecular weight is 283 g/mol. The molecule has 0 amide bonds. The number of benzene rings is 1. The second-order valence-corrected chi connectivity index (χ2v) is 5.56. The molecule has 0 unspecified atom stereocenters. The van der Waals surface area contributed by atoms with Gasteiger partial charge in [-0.1, -0.05) is 18.2 Å². The number of alkyl halides is 3. The van der Waals surface area contributed by atoms with Crippen molar-refractivity contribution in [2.45, 2.75) is 32.5 Å². The fourth-order valence-corrected chi connectivity index (χ4v) is 2.04. The highest BCUT2D eigenvalue weighted by atomic mass is 19.4. The van der Waals surface area contributed by atoms with E-state index in [0.29, 0.717) is 0 Å². The van der Waals surface area contributed by atoms with Crippen molar-refractivity contribution in [3.63, 3.8) is 0 Å². The summed E-state index contributed by atoms with van der Waals surface area (Å²) in [4.78, 5) is 4.06. The lowest BCUT2D eigenvalue weighted by Crippen LogP contribution is -2.22. The van der Waals surface area contributed by atoms with E-state index in [1.165, 1.54) is 18.5 Å². The van der Waals surface area contributed by atoms with Crippen molar-refractivity contribution in [1.29, 1.82) is 0 Å². The third-order valence-corrected chi connectivity index (χ3v) is 3.01. The molecule has 0 atom stereocenters. The molecule has 0 aliphatic carbocycles. The van der Waals surface area contributed by atoms with E-state index in [1.807, 2.05) is 20.8 Å². The summed E-state index contributed by atoms with van der Waals surface area (Å²) in [5, 5.41) is 0. The summed E-state index contributed by atoms with van der Waals surface area (Å²) in [5.74, 6) is 0.231. The van der Waals surface area contributed by atoms with Crippen LogP contribution in [0.15, 0.2) is 30.6 Å². The maximum Gasteiger partial charge on any atom is 0.417 e. The van der Waals surface area contributed by atoms with Gasteiger partial charge in [0.25, 0.3) is 0 Å². The predicted octanol–water partition coefficient (Wildman–Crippen LogP) is 3.91. The van der Waals surface area contributed by atoms with E-state index in [9.17, 15) is 13.2 Å². The Labute approximate surface area is 115 Å². The summed E-state index contributed by atoms with van der Waals surface area (Å²) >= 11 is 0. The Morgan fingerprint density at radius 1 is 1.10 bits per heavy atom. The SMILES string of the molecule is CC(C)(C)n1cnc(-c2ccccc2C(F)(F)F)c1N. The van der Waals surface area contributed by atoms with Crippen LogP contribution >= 0.6 is 0 Å². The van der Waals surface area contributed by atoms with Gasteiger partial charge in [0.2, 0.25) is 0 Å². The normalized spacial score (nSPS) is 12.7. The number of imidazole rings is 1. The molecule has 0 aliphatic rings. The van der Waals surface area contributed by atoms with Crippen molar-refractivity contribution in [1.82, 2.24) is 9.55 Å². The fraction of sp³-hybridized carbons (Fsp3) is 0.357. The summed E-state index contributed by atoms with van der Waals surface area (Å²) in [6, 6.07) is 5.31. The first-order valence-electron chi connectivity index (χ1n) is 6.12. The number of anilines is 1. The Bertz CT molecular complexity index is 621. The quantitative estimate of drug-likeness (QED) is 0.862. The van der Waals surface area contributed by atoms with Gasteiger partial charge < -0.3 is 10.3 Å². The number of aromatic nitrogens is 2. The van der Waals surface area contributed by atoms with Gasteiger partial charge in [0.15, 0.2) is 0 Å².